The van der Waals surface area contributed by atoms with E-state index in [1.807, 2.05) is 55.7 Å². The number of nitrogens with two attached hydrogens (primary N) is 2. The van der Waals surface area contributed by atoms with Gasteiger partial charge in [0.2, 0.25) is 5.91 Å². The highest BCUT2D eigenvalue weighted by Gasteiger charge is 2.18. The third kappa shape index (κ3) is 3.10. The molecule has 3 heterocycles. The highest BCUT2D eigenvalue weighted by molar-refractivity contribution is 6.00. The van der Waals surface area contributed by atoms with E-state index in [1.54, 1.807) is 27.5 Å². The molecular formula is C23H19N7O. The predicted octanol–water partition coefficient (Wildman–Crippen LogP) is 3.14. The molecule has 5 rings (SSSR count). The van der Waals surface area contributed by atoms with Crippen LogP contribution in [0.5, 0.6) is 0 Å². The Morgan fingerprint density at radius 1 is 0.935 bits per heavy atom. The van der Waals surface area contributed by atoms with Gasteiger partial charge in [0.25, 0.3) is 0 Å². The molecule has 0 unspecified atom stereocenters. The van der Waals surface area contributed by atoms with E-state index in [0.29, 0.717) is 16.9 Å². The molecule has 152 valence electrons. The minimum atomic E-state index is -0.464. The number of anilines is 1. The van der Waals surface area contributed by atoms with Gasteiger partial charge in [0.15, 0.2) is 5.82 Å². The molecule has 0 aliphatic heterocycles. The molecule has 0 fully saturated rings. The minimum absolute atomic E-state index is 0.385. The summed E-state index contributed by atoms with van der Waals surface area (Å²) in [5.41, 5.74) is 18.2. The zero-order valence-corrected chi connectivity index (χ0v) is 16.7. The van der Waals surface area contributed by atoms with Crippen LogP contribution >= 0.6 is 0 Å². The Balaban J connectivity index is 1.72. The number of hydrogen-bond acceptors (Lipinski definition) is 5. The van der Waals surface area contributed by atoms with Crippen molar-refractivity contribution < 1.29 is 4.79 Å². The van der Waals surface area contributed by atoms with Crippen molar-refractivity contribution in [1.29, 1.82) is 0 Å². The van der Waals surface area contributed by atoms with Crippen molar-refractivity contribution in [2.24, 2.45) is 12.8 Å². The Hall–Kier alpha value is -4.46. The van der Waals surface area contributed by atoms with Gasteiger partial charge in [0.05, 0.1) is 11.9 Å². The first kappa shape index (κ1) is 18.6. The number of carbonyl (C=O) groups excluding carboxylic acids is 1. The van der Waals surface area contributed by atoms with Crippen LogP contribution in [0.15, 0.2) is 73.3 Å². The Morgan fingerprint density at radius 2 is 1.74 bits per heavy atom. The van der Waals surface area contributed by atoms with Crippen LogP contribution < -0.4 is 11.5 Å². The van der Waals surface area contributed by atoms with Crippen LogP contribution in [0.3, 0.4) is 0 Å². The van der Waals surface area contributed by atoms with Gasteiger partial charge in [-0.1, -0.05) is 36.4 Å². The van der Waals surface area contributed by atoms with Gasteiger partial charge in [-0.25, -0.2) is 9.50 Å². The van der Waals surface area contributed by atoms with Crippen molar-refractivity contribution in [3.8, 4) is 33.5 Å². The number of hydrogen-bond donors (Lipinski definition) is 2. The highest BCUT2D eigenvalue weighted by atomic mass is 16.1. The molecular weight excluding hydrogens is 390 g/mol. The number of benzene rings is 2. The number of aryl methyl sites for hydroxylation is 1. The largest absolute Gasteiger partial charge is 0.382 e. The molecule has 8 heteroatoms. The average Bonchev–Trinajstić information content (AvgIpc) is 3.38. The van der Waals surface area contributed by atoms with Crippen molar-refractivity contribution in [3.63, 3.8) is 0 Å². The molecule has 0 saturated heterocycles. The molecule has 0 atom stereocenters. The Labute approximate surface area is 177 Å². The van der Waals surface area contributed by atoms with E-state index in [1.165, 1.54) is 6.33 Å². The lowest BCUT2D eigenvalue weighted by atomic mass is 9.97. The zero-order valence-electron chi connectivity index (χ0n) is 16.7. The van der Waals surface area contributed by atoms with E-state index in [4.69, 9.17) is 11.5 Å². The first-order valence-electron chi connectivity index (χ1n) is 9.64. The number of nitrogen functional groups attached to an aromatic ring is 1. The number of carbonyl (C=O) groups is 1. The molecule has 5 aromatic rings. The summed E-state index contributed by atoms with van der Waals surface area (Å²) < 4.78 is 3.52. The van der Waals surface area contributed by atoms with Crippen LogP contribution in [-0.2, 0) is 7.05 Å². The molecule has 0 spiro atoms. The minimum Gasteiger partial charge on any atom is -0.382 e. The summed E-state index contributed by atoms with van der Waals surface area (Å²) >= 11 is 0. The fourth-order valence-electron chi connectivity index (χ4n) is 3.85. The van der Waals surface area contributed by atoms with E-state index < -0.39 is 5.91 Å². The summed E-state index contributed by atoms with van der Waals surface area (Å²) in [5, 5.41) is 8.72. The van der Waals surface area contributed by atoms with Crippen LogP contribution in [0.4, 0.5) is 5.82 Å². The Morgan fingerprint density at radius 3 is 2.52 bits per heavy atom. The van der Waals surface area contributed by atoms with Crippen LogP contribution in [0.25, 0.3) is 39.0 Å². The van der Waals surface area contributed by atoms with E-state index in [9.17, 15) is 4.79 Å². The number of aromatic nitrogens is 5. The second-order valence-corrected chi connectivity index (χ2v) is 7.24. The quantitative estimate of drug-likeness (QED) is 0.473. The third-order valence-electron chi connectivity index (χ3n) is 5.26. The summed E-state index contributed by atoms with van der Waals surface area (Å²) in [7, 11) is 1.86. The summed E-state index contributed by atoms with van der Waals surface area (Å²) in [4.78, 5) is 16.1. The van der Waals surface area contributed by atoms with Crippen molar-refractivity contribution in [3.05, 3.63) is 78.9 Å². The van der Waals surface area contributed by atoms with Gasteiger partial charge in [-0.2, -0.15) is 10.2 Å². The second kappa shape index (κ2) is 7.10. The van der Waals surface area contributed by atoms with Crippen molar-refractivity contribution >= 4 is 17.2 Å². The van der Waals surface area contributed by atoms with E-state index in [2.05, 4.69) is 15.2 Å². The Kier molecular flexibility index (Phi) is 4.25. The lowest BCUT2D eigenvalue weighted by Gasteiger charge is -2.09. The molecule has 3 aromatic heterocycles. The molecule has 2 aromatic carbocycles. The fourth-order valence-corrected chi connectivity index (χ4v) is 3.85. The molecule has 8 nitrogen and oxygen atoms in total. The molecule has 1 amide bonds. The van der Waals surface area contributed by atoms with Crippen molar-refractivity contribution in [2.45, 2.75) is 0 Å². The van der Waals surface area contributed by atoms with Crippen LogP contribution in [0.2, 0.25) is 0 Å². The normalized spacial score (nSPS) is 11.1. The Bertz CT molecular complexity index is 1450. The first-order valence-corrected chi connectivity index (χ1v) is 9.64. The fraction of sp³-hybridized carbons (Fsp3) is 0.0435. The maximum absolute atomic E-state index is 11.9. The molecule has 4 N–H and O–H groups in total. The van der Waals surface area contributed by atoms with Crippen LogP contribution in [-0.4, -0.2) is 30.3 Å². The zero-order chi connectivity index (χ0) is 21.5. The van der Waals surface area contributed by atoms with Gasteiger partial charge < -0.3 is 11.5 Å². The monoisotopic (exact) mass is 409 g/mol. The summed E-state index contributed by atoms with van der Waals surface area (Å²) in [6.07, 6.45) is 5.14. The molecule has 31 heavy (non-hydrogen) atoms. The molecule has 0 bridgehead atoms. The topological polar surface area (TPSA) is 117 Å². The van der Waals surface area contributed by atoms with E-state index in [0.717, 1.165) is 33.5 Å². The van der Waals surface area contributed by atoms with E-state index in [-0.39, 0.29) is 0 Å². The predicted molar refractivity (Wildman–Crippen MR) is 119 cm³/mol. The summed E-state index contributed by atoms with van der Waals surface area (Å²) in [6.45, 7) is 0. The third-order valence-corrected chi connectivity index (χ3v) is 5.26. The number of fused-ring (bicyclic) bond motifs is 1. The second-order valence-electron chi connectivity index (χ2n) is 7.24. The SMILES string of the molecule is Cn1cc(-c2cc(-c3cccc(-c4ccccc4C(N)=O)c3)n3ncnc(N)c23)cn1. The standard InChI is InChI=1S/C23H19N7O/c1-29-12-16(11-27-29)19-10-20(30-21(19)22(24)26-13-28-30)15-6-4-5-14(9-15)17-7-2-3-8-18(17)23(25)31/h2-13H,1H3,(H2,25,31)(H2,24,26,28). The van der Waals surface area contributed by atoms with Crippen molar-refractivity contribution in [1.82, 2.24) is 24.4 Å². The van der Waals surface area contributed by atoms with E-state index >= 15 is 0 Å². The molecule has 0 aliphatic rings. The summed E-state index contributed by atoms with van der Waals surface area (Å²) in [5.74, 6) is -0.0798. The lowest BCUT2D eigenvalue weighted by molar-refractivity contribution is 0.100. The molecule has 0 aliphatic carbocycles. The van der Waals surface area contributed by atoms with Gasteiger partial charge in [-0.3, -0.25) is 9.48 Å². The maximum atomic E-state index is 11.9. The van der Waals surface area contributed by atoms with Gasteiger partial charge in [-0.15, -0.1) is 0 Å². The molecule has 0 saturated carbocycles. The van der Waals surface area contributed by atoms with Crippen molar-refractivity contribution in [2.75, 3.05) is 5.73 Å². The number of nitrogens with zero attached hydrogens (tertiary/aromatic N) is 5. The van der Waals surface area contributed by atoms with Gasteiger partial charge in [0.1, 0.15) is 11.8 Å². The van der Waals surface area contributed by atoms with Crippen LogP contribution in [0.1, 0.15) is 10.4 Å². The van der Waals surface area contributed by atoms with Gasteiger partial charge in [0, 0.05) is 35.5 Å². The average molecular weight is 409 g/mol. The summed E-state index contributed by atoms with van der Waals surface area (Å²) in [6, 6.07) is 17.2. The number of primary amides is 1. The van der Waals surface area contributed by atoms with Gasteiger partial charge in [-0.05, 0) is 29.3 Å². The van der Waals surface area contributed by atoms with Crippen LogP contribution in [0, 0.1) is 0 Å². The highest BCUT2D eigenvalue weighted by Crippen LogP contribution is 2.36. The molecule has 0 radical (unpaired) electrons. The lowest BCUT2D eigenvalue weighted by Crippen LogP contribution is -2.12. The first-order chi connectivity index (χ1) is 15.0. The number of amides is 1. The maximum Gasteiger partial charge on any atom is 0.249 e. The van der Waals surface area contributed by atoms with Gasteiger partial charge >= 0.3 is 0 Å². The number of rotatable bonds is 4. The smallest absolute Gasteiger partial charge is 0.249 e.